The maximum atomic E-state index is 5.79. The summed E-state index contributed by atoms with van der Waals surface area (Å²) in [7, 11) is 1.62. The lowest BCUT2D eigenvalue weighted by Crippen LogP contribution is -1.89. The fourth-order valence-electron chi connectivity index (χ4n) is 1.22. The van der Waals surface area contributed by atoms with Crippen LogP contribution in [0.15, 0.2) is 24.3 Å². The minimum atomic E-state index is 0.431. The topological polar surface area (TPSA) is 50.8 Å². The molecular formula is C10H10ClN3O. The van der Waals surface area contributed by atoms with Gasteiger partial charge in [0.25, 0.3) is 0 Å². The molecule has 2 aromatic rings. The third-order valence-corrected chi connectivity index (χ3v) is 2.17. The van der Waals surface area contributed by atoms with Crippen LogP contribution < -0.4 is 0 Å². The summed E-state index contributed by atoms with van der Waals surface area (Å²) in [4.78, 5) is 4.27. The van der Waals surface area contributed by atoms with E-state index >= 15 is 0 Å². The first-order chi connectivity index (χ1) is 7.29. The molecule has 1 heterocycles. The molecule has 1 aromatic carbocycles. The Kier molecular flexibility index (Phi) is 2.99. The molecule has 0 saturated heterocycles. The standard InChI is InChI=1S/C10H10ClN3O/c1-15-6-9-12-10(14-13-9)7-2-4-8(11)5-3-7/h2-5H,6H2,1H3,(H,12,13,14). The molecule has 2 rings (SSSR count). The molecule has 0 aliphatic rings. The highest BCUT2D eigenvalue weighted by molar-refractivity contribution is 6.30. The van der Waals surface area contributed by atoms with E-state index in [9.17, 15) is 0 Å². The van der Waals surface area contributed by atoms with Crippen molar-refractivity contribution in [2.24, 2.45) is 0 Å². The molecule has 0 aliphatic heterocycles. The van der Waals surface area contributed by atoms with Crippen molar-refractivity contribution < 1.29 is 4.74 Å². The summed E-state index contributed by atoms with van der Waals surface area (Å²) < 4.78 is 4.94. The van der Waals surface area contributed by atoms with Gasteiger partial charge in [-0.1, -0.05) is 11.6 Å². The minimum Gasteiger partial charge on any atom is -0.377 e. The monoisotopic (exact) mass is 223 g/mol. The SMILES string of the molecule is COCc1nc(-c2ccc(Cl)cc2)n[nH]1. The van der Waals surface area contributed by atoms with E-state index in [1.807, 2.05) is 24.3 Å². The summed E-state index contributed by atoms with van der Waals surface area (Å²) in [6.07, 6.45) is 0. The largest absolute Gasteiger partial charge is 0.377 e. The number of ether oxygens (including phenoxy) is 1. The van der Waals surface area contributed by atoms with Crippen LogP contribution in [0.1, 0.15) is 5.82 Å². The molecule has 5 heteroatoms. The third kappa shape index (κ3) is 2.34. The second-order valence-electron chi connectivity index (χ2n) is 3.05. The van der Waals surface area contributed by atoms with Crippen molar-refractivity contribution in [3.63, 3.8) is 0 Å². The highest BCUT2D eigenvalue weighted by Gasteiger charge is 2.04. The second-order valence-corrected chi connectivity index (χ2v) is 3.48. The molecule has 0 bridgehead atoms. The summed E-state index contributed by atoms with van der Waals surface area (Å²) in [5.74, 6) is 1.36. The second kappa shape index (κ2) is 4.42. The van der Waals surface area contributed by atoms with Crippen molar-refractivity contribution in [3.8, 4) is 11.4 Å². The molecular weight excluding hydrogens is 214 g/mol. The first-order valence-corrected chi connectivity index (χ1v) is 4.83. The van der Waals surface area contributed by atoms with Crippen molar-refractivity contribution in [1.29, 1.82) is 0 Å². The van der Waals surface area contributed by atoms with Crippen LogP contribution >= 0.6 is 11.6 Å². The first kappa shape index (κ1) is 10.1. The van der Waals surface area contributed by atoms with Gasteiger partial charge in [-0.25, -0.2) is 4.98 Å². The van der Waals surface area contributed by atoms with Gasteiger partial charge in [-0.3, -0.25) is 5.10 Å². The smallest absolute Gasteiger partial charge is 0.181 e. The van der Waals surface area contributed by atoms with E-state index < -0.39 is 0 Å². The predicted octanol–water partition coefficient (Wildman–Crippen LogP) is 2.27. The molecule has 0 amide bonds. The average Bonchev–Trinajstić information content (AvgIpc) is 2.68. The third-order valence-electron chi connectivity index (χ3n) is 1.92. The molecule has 0 fully saturated rings. The van der Waals surface area contributed by atoms with Crippen LogP contribution in [0.4, 0.5) is 0 Å². The lowest BCUT2D eigenvalue weighted by Gasteiger charge is -1.94. The Morgan fingerprint density at radius 2 is 2.07 bits per heavy atom. The zero-order valence-electron chi connectivity index (χ0n) is 8.20. The van der Waals surface area contributed by atoms with Gasteiger partial charge in [0, 0.05) is 17.7 Å². The van der Waals surface area contributed by atoms with Gasteiger partial charge in [0.15, 0.2) is 11.6 Å². The Bertz CT molecular complexity index is 438. The van der Waals surface area contributed by atoms with Gasteiger partial charge >= 0.3 is 0 Å². The summed E-state index contributed by atoms with van der Waals surface area (Å²) in [5, 5.41) is 7.58. The van der Waals surface area contributed by atoms with Crippen molar-refractivity contribution in [2.45, 2.75) is 6.61 Å². The zero-order valence-corrected chi connectivity index (χ0v) is 8.95. The number of aromatic amines is 1. The molecule has 0 unspecified atom stereocenters. The van der Waals surface area contributed by atoms with Crippen LogP contribution in [0.5, 0.6) is 0 Å². The molecule has 15 heavy (non-hydrogen) atoms. The van der Waals surface area contributed by atoms with E-state index in [1.165, 1.54) is 0 Å². The van der Waals surface area contributed by atoms with E-state index in [1.54, 1.807) is 7.11 Å². The van der Waals surface area contributed by atoms with Crippen molar-refractivity contribution in [1.82, 2.24) is 15.2 Å². The van der Waals surface area contributed by atoms with E-state index in [2.05, 4.69) is 15.2 Å². The first-order valence-electron chi connectivity index (χ1n) is 4.46. The lowest BCUT2D eigenvalue weighted by atomic mass is 10.2. The quantitative estimate of drug-likeness (QED) is 0.869. The highest BCUT2D eigenvalue weighted by Crippen LogP contribution is 2.17. The van der Waals surface area contributed by atoms with Crippen LogP contribution in [0.25, 0.3) is 11.4 Å². The van der Waals surface area contributed by atoms with Crippen molar-refractivity contribution in [2.75, 3.05) is 7.11 Å². The number of nitrogens with one attached hydrogen (secondary N) is 1. The van der Waals surface area contributed by atoms with Crippen LogP contribution in [0.3, 0.4) is 0 Å². The Hall–Kier alpha value is -1.39. The Labute approximate surface area is 92.3 Å². The number of hydrogen-bond acceptors (Lipinski definition) is 3. The van der Waals surface area contributed by atoms with Crippen molar-refractivity contribution in [3.05, 3.63) is 35.1 Å². The average molecular weight is 224 g/mol. The molecule has 0 radical (unpaired) electrons. The Morgan fingerprint density at radius 1 is 1.33 bits per heavy atom. The van der Waals surface area contributed by atoms with Gasteiger partial charge in [0.1, 0.15) is 6.61 Å². The van der Waals surface area contributed by atoms with E-state index in [-0.39, 0.29) is 0 Å². The van der Waals surface area contributed by atoms with Crippen LogP contribution in [0.2, 0.25) is 5.02 Å². The molecule has 0 saturated carbocycles. The molecule has 4 nitrogen and oxygen atoms in total. The summed E-state index contributed by atoms with van der Waals surface area (Å²) in [6.45, 7) is 0.431. The normalized spacial score (nSPS) is 10.5. The van der Waals surface area contributed by atoms with Gasteiger partial charge in [0.05, 0.1) is 0 Å². The van der Waals surface area contributed by atoms with Gasteiger partial charge in [-0.05, 0) is 24.3 Å². The maximum absolute atomic E-state index is 5.79. The van der Waals surface area contributed by atoms with E-state index in [0.717, 1.165) is 5.56 Å². The summed E-state index contributed by atoms with van der Waals surface area (Å²) in [5.41, 5.74) is 0.929. The van der Waals surface area contributed by atoms with Crippen LogP contribution in [-0.4, -0.2) is 22.3 Å². The summed E-state index contributed by atoms with van der Waals surface area (Å²) in [6, 6.07) is 7.37. The summed E-state index contributed by atoms with van der Waals surface area (Å²) >= 11 is 5.79. The molecule has 1 aromatic heterocycles. The molecule has 1 N–H and O–H groups in total. The number of hydrogen-bond donors (Lipinski definition) is 1. The Morgan fingerprint density at radius 3 is 2.73 bits per heavy atom. The van der Waals surface area contributed by atoms with Gasteiger partial charge in [-0.2, -0.15) is 5.10 Å². The Balaban J connectivity index is 2.25. The number of methoxy groups -OCH3 is 1. The van der Waals surface area contributed by atoms with Crippen LogP contribution in [0, 0.1) is 0 Å². The molecule has 0 atom stereocenters. The van der Waals surface area contributed by atoms with E-state index in [4.69, 9.17) is 16.3 Å². The van der Waals surface area contributed by atoms with Gasteiger partial charge in [-0.15, -0.1) is 0 Å². The number of rotatable bonds is 3. The highest BCUT2D eigenvalue weighted by atomic mass is 35.5. The maximum Gasteiger partial charge on any atom is 0.181 e. The lowest BCUT2D eigenvalue weighted by molar-refractivity contribution is 0.178. The zero-order chi connectivity index (χ0) is 10.7. The number of H-pyrrole nitrogens is 1. The fourth-order valence-corrected chi connectivity index (χ4v) is 1.35. The van der Waals surface area contributed by atoms with Gasteiger partial charge in [0.2, 0.25) is 0 Å². The molecule has 0 spiro atoms. The van der Waals surface area contributed by atoms with Crippen LogP contribution in [-0.2, 0) is 11.3 Å². The van der Waals surface area contributed by atoms with Gasteiger partial charge < -0.3 is 4.74 Å². The van der Waals surface area contributed by atoms with Crippen molar-refractivity contribution >= 4 is 11.6 Å². The number of benzene rings is 1. The fraction of sp³-hybridized carbons (Fsp3) is 0.200. The molecule has 0 aliphatic carbocycles. The molecule has 78 valence electrons. The van der Waals surface area contributed by atoms with E-state index in [0.29, 0.717) is 23.3 Å². The number of aromatic nitrogens is 3. The number of halogens is 1. The number of nitrogens with zero attached hydrogens (tertiary/aromatic N) is 2. The predicted molar refractivity (Wildman–Crippen MR) is 57.5 cm³/mol. The minimum absolute atomic E-state index is 0.431.